The lowest BCUT2D eigenvalue weighted by Gasteiger charge is -2.26. The number of pyridine rings is 1. The molecule has 2 aromatic rings. The van der Waals surface area contributed by atoms with Crippen LogP contribution in [0.5, 0.6) is 5.75 Å². The maximum absolute atomic E-state index is 12.9. The predicted octanol–water partition coefficient (Wildman–Crippen LogP) is 2.52. The summed E-state index contributed by atoms with van der Waals surface area (Å²) in [5, 5.41) is 2.65. The Morgan fingerprint density at radius 1 is 1.15 bits per heavy atom. The molecule has 8 heteroatoms. The van der Waals surface area contributed by atoms with Crippen molar-refractivity contribution in [3.63, 3.8) is 0 Å². The average molecular weight is 375 g/mol. The van der Waals surface area contributed by atoms with Gasteiger partial charge in [0.15, 0.2) is 0 Å². The monoisotopic (exact) mass is 375 g/mol. The van der Waals surface area contributed by atoms with E-state index in [0.717, 1.165) is 19.3 Å². The van der Waals surface area contributed by atoms with Crippen LogP contribution in [0.15, 0.2) is 47.5 Å². The largest absolute Gasteiger partial charge is 0.496 e. The lowest BCUT2D eigenvalue weighted by Crippen LogP contribution is -2.35. The van der Waals surface area contributed by atoms with Crippen LogP contribution in [0.3, 0.4) is 0 Å². The standard InChI is InChI=1S/C18H21N3O4S/c1-25-16-9-8-14(26(23,24)21-11-5-2-6-12-21)13-15(16)18(22)20-17-7-3-4-10-19-17/h3-4,7-10,13H,2,5-6,11-12H2,1H3,(H,19,20,22). The molecule has 0 atom stereocenters. The Morgan fingerprint density at radius 3 is 2.58 bits per heavy atom. The molecule has 0 saturated carbocycles. The van der Waals surface area contributed by atoms with Gasteiger partial charge in [0.25, 0.3) is 5.91 Å². The lowest BCUT2D eigenvalue weighted by atomic mass is 10.2. The summed E-state index contributed by atoms with van der Waals surface area (Å²) in [5.41, 5.74) is 0.149. The number of carbonyl (C=O) groups excluding carboxylic acids is 1. The van der Waals surface area contributed by atoms with Gasteiger partial charge in [-0.3, -0.25) is 4.79 Å². The maximum Gasteiger partial charge on any atom is 0.260 e. The first kappa shape index (κ1) is 18.3. The van der Waals surface area contributed by atoms with Gasteiger partial charge in [-0.05, 0) is 43.2 Å². The zero-order valence-corrected chi connectivity index (χ0v) is 15.3. The number of nitrogens with one attached hydrogen (secondary N) is 1. The Balaban J connectivity index is 1.92. The summed E-state index contributed by atoms with van der Waals surface area (Å²) in [4.78, 5) is 16.7. The van der Waals surface area contributed by atoms with E-state index in [4.69, 9.17) is 4.74 Å². The van der Waals surface area contributed by atoms with E-state index >= 15 is 0 Å². The molecule has 1 aromatic carbocycles. The van der Waals surface area contributed by atoms with E-state index in [1.165, 1.54) is 29.6 Å². The van der Waals surface area contributed by atoms with Crippen LogP contribution in [0.4, 0.5) is 5.82 Å². The van der Waals surface area contributed by atoms with Gasteiger partial charge >= 0.3 is 0 Å². The molecule has 1 aromatic heterocycles. The van der Waals surface area contributed by atoms with Gasteiger partial charge in [0, 0.05) is 19.3 Å². The molecule has 0 spiro atoms. The van der Waals surface area contributed by atoms with Crippen LogP contribution in [-0.4, -0.2) is 43.8 Å². The number of benzene rings is 1. The normalized spacial score (nSPS) is 15.4. The highest BCUT2D eigenvalue weighted by Crippen LogP contribution is 2.26. The molecule has 1 N–H and O–H groups in total. The highest BCUT2D eigenvalue weighted by Gasteiger charge is 2.27. The summed E-state index contributed by atoms with van der Waals surface area (Å²) >= 11 is 0. The number of anilines is 1. The molecular formula is C18H21N3O4S. The van der Waals surface area contributed by atoms with Gasteiger partial charge < -0.3 is 10.1 Å². The van der Waals surface area contributed by atoms with Crippen molar-refractivity contribution < 1.29 is 17.9 Å². The Labute approximate surface area is 153 Å². The number of hydrogen-bond donors (Lipinski definition) is 1. The summed E-state index contributed by atoms with van der Waals surface area (Å²) in [6, 6.07) is 9.48. The second-order valence-corrected chi connectivity index (χ2v) is 7.93. The lowest BCUT2D eigenvalue weighted by molar-refractivity contribution is 0.102. The minimum atomic E-state index is -3.63. The van der Waals surface area contributed by atoms with Gasteiger partial charge in [-0.15, -0.1) is 0 Å². The zero-order chi connectivity index (χ0) is 18.6. The fourth-order valence-electron chi connectivity index (χ4n) is 2.90. The summed E-state index contributed by atoms with van der Waals surface area (Å²) in [6.45, 7) is 1.01. The number of methoxy groups -OCH3 is 1. The number of hydrogen-bond acceptors (Lipinski definition) is 5. The molecular weight excluding hydrogens is 354 g/mol. The molecule has 0 aliphatic carbocycles. The Hall–Kier alpha value is -2.45. The summed E-state index contributed by atoms with van der Waals surface area (Å²) in [6.07, 6.45) is 4.29. The van der Waals surface area contributed by atoms with E-state index in [1.807, 2.05) is 0 Å². The molecule has 0 unspecified atom stereocenters. The predicted molar refractivity (Wildman–Crippen MR) is 97.8 cm³/mol. The number of aromatic nitrogens is 1. The van der Waals surface area contributed by atoms with Crippen LogP contribution in [-0.2, 0) is 10.0 Å². The van der Waals surface area contributed by atoms with Gasteiger partial charge in [0.2, 0.25) is 10.0 Å². The molecule has 1 aliphatic rings. The molecule has 2 heterocycles. The molecule has 1 aliphatic heterocycles. The topological polar surface area (TPSA) is 88.6 Å². The first-order chi connectivity index (χ1) is 12.5. The summed E-state index contributed by atoms with van der Waals surface area (Å²) in [7, 11) is -2.20. The minimum Gasteiger partial charge on any atom is -0.496 e. The second kappa shape index (κ2) is 7.84. The Kier molecular flexibility index (Phi) is 5.53. The quantitative estimate of drug-likeness (QED) is 0.867. The van der Waals surface area contributed by atoms with Crippen molar-refractivity contribution in [1.82, 2.24) is 9.29 Å². The van der Waals surface area contributed by atoms with Crippen LogP contribution in [0.2, 0.25) is 0 Å². The summed E-state index contributed by atoms with van der Waals surface area (Å²) < 4.78 is 32.4. The van der Waals surface area contributed by atoms with E-state index in [-0.39, 0.29) is 10.5 Å². The molecule has 1 fully saturated rings. The third-order valence-corrected chi connectivity index (χ3v) is 6.17. The minimum absolute atomic E-state index is 0.0892. The molecule has 3 rings (SSSR count). The smallest absolute Gasteiger partial charge is 0.260 e. The van der Waals surface area contributed by atoms with Crippen molar-refractivity contribution in [2.24, 2.45) is 0 Å². The highest BCUT2D eigenvalue weighted by atomic mass is 32.2. The maximum atomic E-state index is 12.9. The van der Waals surface area contributed by atoms with Crippen LogP contribution in [0, 0.1) is 0 Å². The van der Waals surface area contributed by atoms with E-state index in [9.17, 15) is 13.2 Å². The zero-order valence-electron chi connectivity index (χ0n) is 14.5. The van der Waals surface area contributed by atoms with E-state index < -0.39 is 15.9 Å². The van der Waals surface area contributed by atoms with E-state index in [1.54, 1.807) is 24.4 Å². The van der Waals surface area contributed by atoms with Crippen molar-refractivity contribution in [3.05, 3.63) is 48.2 Å². The van der Waals surface area contributed by atoms with Gasteiger partial charge in [-0.1, -0.05) is 12.5 Å². The Morgan fingerprint density at radius 2 is 1.92 bits per heavy atom. The number of amides is 1. The first-order valence-electron chi connectivity index (χ1n) is 8.43. The molecule has 0 bridgehead atoms. The number of sulfonamides is 1. The van der Waals surface area contributed by atoms with Crippen molar-refractivity contribution in [3.8, 4) is 5.75 Å². The van der Waals surface area contributed by atoms with Crippen LogP contribution in [0.25, 0.3) is 0 Å². The molecule has 1 saturated heterocycles. The molecule has 1 amide bonds. The van der Waals surface area contributed by atoms with Crippen molar-refractivity contribution in [2.75, 3.05) is 25.5 Å². The average Bonchev–Trinajstić information content (AvgIpc) is 2.69. The second-order valence-electron chi connectivity index (χ2n) is 6.00. The third kappa shape index (κ3) is 3.86. The first-order valence-corrected chi connectivity index (χ1v) is 9.87. The van der Waals surface area contributed by atoms with Crippen LogP contribution in [0.1, 0.15) is 29.6 Å². The highest BCUT2D eigenvalue weighted by molar-refractivity contribution is 7.89. The number of piperidine rings is 1. The van der Waals surface area contributed by atoms with Crippen molar-refractivity contribution in [1.29, 1.82) is 0 Å². The molecule has 7 nitrogen and oxygen atoms in total. The number of carbonyl (C=O) groups is 1. The van der Waals surface area contributed by atoms with Gasteiger partial charge in [0.05, 0.1) is 17.6 Å². The SMILES string of the molecule is COc1ccc(S(=O)(=O)N2CCCCC2)cc1C(=O)Nc1ccccn1. The van der Waals surface area contributed by atoms with Crippen molar-refractivity contribution >= 4 is 21.7 Å². The van der Waals surface area contributed by atoms with E-state index in [0.29, 0.717) is 24.7 Å². The van der Waals surface area contributed by atoms with Crippen LogP contribution >= 0.6 is 0 Å². The number of rotatable bonds is 5. The molecule has 26 heavy (non-hydrogen) atoms. The van der Waals surface area contributed by atoms with Crippen molar-refractivity contribution in [2.45, 2.75) is 24.2 Å². The number of nitrogens with zero attached hydrogens (tertiary/aromatic N) is 2. The Bertz CT molecular complexity index is 879. The fourth-order valence-corrected chi connectivity index (χ4v) is 4.44. The van der Waals surface area contributed by atoms with Gasteiger partial charge in [-0.2, -0.15) is 4.31 Å². The molecule has 138 valence electrons. The van der Waals surface area contributed by atoms with Gasteiger partial charge in [-0.25, -0.2) is 13.4 Å². The summed E-state index contributed by atoms with van der Waals surface area (Å²) in [5.74, 6) is 0.205. The van der Waals surface area contributed by atoms with E-state index in [2.05, 4.69) is 10.3 Å². The van der Waals surface area contributed by atoms with Gasteiger partial charge in [0.1, 0.15) is 11.6 Å². The number of ether oxygens (including phenoxy) is 1. The third-order valence-electron chi connectivity index (χ3n) is 4.27. The fraction of sp³-hybridized carbons (Fsp3) is 0.333. The van der Waals surface area contributed by atoms with Crippen LogP contribution < -0.4 is 10.1 Å². The molecule has 0 radical (unpaired) electrons.